The second-order valence-corrected chi connectivity index (χ2v) is 9.99. The molecule has 36 heavy (non-hydrogen) atoms. The SMILES string of the molecule is O=C(N[C@@H](CCN1CCC(n2cnc(Cc3ccccc3)n2)CC1)c1ccccc1)C1CCCCO1. The van der Waals surface area contributed by atoms with Crippen LogP contribution in [-0.2, 0) is 16.0 Å². The van der Waals surface area contributed by atoms with Crippen molar-refractivity contribution in [3.05, 3.63) is 83.9 Å². The van der Waals surface area contributed by atoms with Crippen molar-refractivity contribution in [3.63, 3.8) is 0 Å². The molecule has 2 saturated heterocycles. The van der Waals surface area contributed by atoms with Crippen LogP contribution in [0.4, 0.5) is 0 Å². The predicted molar refractivity (Wildman–Crippen MR) is 140 cm³/mol. The average Bonchev–Trinajstić information content (AvgIpc) is 3.41. The molecule has 0 aliphatic carbocycles. The summed E-state index contributed by atoms with van der Waals surface area (Å²) in [6.45, 7) is 3.69. The minimum absolute atomic E-state index is 0.00203. The highest BCUT2D eigenvalue weighted by molar-refractivity contribution is 5.81. The van der Waals surface area contributed by atoms with Crippen molar-refractivity contribution in [2.24, 2.45) is 0 Å². The van der Waals surface area contributed by atoms with Crippen molar-refractivity contribution >= 4 is 5.91 Å². The van der Waals surface area contributed by atoms with Gasteiger partial charge in [0.25, 0.3) is 0 Å². The zero-order valence-corrected chi connectivity index (χ0v) is 21.0. The van der Waals surface area contributed by atoms with Crippen LogP contribution in [-0.4, -0.2) is 57.9 Å². The number of rotatable bonds is 9. The molecular weight excluding hydrogens is 450 g/mol. The maximum atomic E-state index is 12.9. The summed E-state index contributed by atoms with van der Waals surface area (Å²) >= 11 is 0. The quantitative estimate of drug-likeness (QED) is 0.487. The summed E-state index contributed by atoms with van der Waals surface area (Å²) in [5.74, 6) is 0.909. The lowest BCUT2D eigenvalue weighted by molar-refractivity contribution is -0.136. The van der Waals surface area contributed by atoms with Gasteiger partial charge in [0.15, 0.2) is 5.82 Å². The topological polar surface area (TPSA) is 72.3 Å². The highest BCUT2D eigenvalue weighted by Crippen LogP contribution is 2.24. The number of nitrogens with one attached hydrogen (secondary N) is 1. The van der Waals surface area contributed by atoms with Crippen LogP contribution in [0.2, 0.25) is 0 Å². The first-order valence-corrected chi connectivity index (χ1v) is 13.4. The monoisotopic (exact) mass is 487 g/mol. The van der Waals surface area contributed by atoms with Crippen LogP contribution in [0.3, 0.4) is 0 Å². The van der Waals surface area contributed by atoms with Crippen LogP contribution in [0.1, 0.15) is 67.6 Å². The Morgan fingerprint density at radius 1 is 1.00 bits per heavy atom. The van der Waals surface area contributed by atoms with Crippen LogP contribution in [0, 0.1) is 0 Å². The van der Waals surface area contributed by atoms with E-state index in [0.717, 1.165) is 76.0 Å². The fraction of sp³-hybridized carbons (Fsp3) is 0.483. The number of likely N-dealkylation sites (tertiary alicyclic amines) is 1. The van der Waals surface area contributed by atoms with Crippen LogP contribution in [0.25, 0.3) is 0 Å². The number of benzene rings is 2. The maximum Gasteiger partial charge on any atom is 0.249 e. The summed E-state index contributed by atoms with van der Waals surface area (Å²) in [5, 5.41) is 8.06. The van der Waals surface area contributed by atoms with Crippen molar-refractivity contribution in [2.75, 3.05) is 26.2 Å². The number of hydrogen-bond donors (Lipinski definition) is 1. The fourth-order valence-corrected chi connectivity index (χ4v) is 5.28. The van der Waals surface area contributed by atoms with E-state index in [1.165, 1.54) is 5.56 Å². The summed E-state index contributed by atoms with van der Waals surface area (Å²) in [7, 11) is 0. The molecule has 7 heteroatoms. The van der Waals surface area contributed by atoms with Crippen molar-refractivity contribution in [1.29, 1.82) is 0 Å². The van der Waals surface area contributed by atoms with Crippen LogP contribution < -0.4 is 5.32 Å². The zero-order valence-electron chi connectivity index (χ0n) is 21.0. The Bertz CT molecular complexity index is 1070. The maximum absolute atomic E-state index is 12.9. The molecule has 1 amide bonds. The first-order valence-electron chi connectivity index (χ1n) is 13.4. The van der Waals surface area contributed by atoms with Gasteiger partial charge in [0.2, 0.25) is 5.91 Å². The Morgan fingerprint density at radius 3 is 2.47 bits per heavy atom. The van der Waals surface area contributed by atoms with Gasteiger partial charge in [-0.1, -0.05) is 60.7 Å². The molecule has 0 spiro atoms. The van der Waals surface area contributed by atoms with Crippen LogP contribution >= 0.6 is 0 Å². The number of aromatic nitrogens is 3. The van der Waals surface area contributed by atoms with Crippen molar-refractivity contribution < 1.29 is 9.53 Å². The summed E-state index contributed by atoms with van der Waals surface area (Å²) in [4.78, 5) is 19.9. The van der Waals surface area contributed by atoms with Crippen LogP contribution in [0.5, 0.6) is 0 Å². The highest BCUT2D eigenvalue weighted by atomic mass is 16.5. The van der Waals surface area contributed by atoms with E-state index in [1.807, 2.05) is 30.6 Å². The lowest BCUT2D eigenvalue weighted by Crippen LogP contribution is -2.42. The normalized spacial score (nSPS) is 20.2. The largest absolute Gasteiger partial charge is 0.368 e. The molecule has 3 heterocycles. The van der Waals surface area contributed by atoms with E-state index in [9.17, 15) is 4.79 Å². The fourth-order valence-electron chi connectivity index (χ4n) is 5.28. The number of ether oxygens (including phenoxy) is 1. The van der Waals surface area contributed by atoms with Gasteiger partial charge in [-0.25, -0.2) is 9.67 Å². The number of piperidine rings is 1. The minimum atomic E-state index is -0.310. The lowest BCUT2D eigenvalue weighted by atomic mass is 10.0. The summed E-state index contributed by atoms with van der Waals surface area (Å²) < 4.78 is 7.79. The van der Waals surface area contributed by atoms with Gasteiger partial charge in [0.05, 0.1) is 12.1 Å². The van der Waals surface area contributed by atoms with E-state index in [1.54, 1.807) is 0 Å². The van der Waals surface area contributed by atoms with Crippen molar-refractivity contribution in [3.8, 4) is 0 Å². The summed E-state index contributed by atoms with van der Waals surface area (Å²) in [5.41, 5.74) is 2.39. The van der Waals surface area contributed by atoms with E-state index in [2.05, 4.69) is 56.3 Å². The number of hydrogen-bond acceptors (Lipinski definition) is 5. The van der Waals surface area contributed by atoms with Gasteiger partial charge < -0.3 is 15.0 Å². The molecule has 3 aromatic rings. The van der Waals surface area contributed by atoms with Gasteiger partial charge in [-0.05, 0) is 49.7 Å². The van der Waals surface area contributed by atoms with Gasteiger partial charge in [-0.3, -0.25) is 4.79 Å². The second-order valence-electron chi connectivity index (χ2n) is 9.99. The Balaban J connectivity index is 1.12. The van der Waals surface area contributed by atoms with Gasteiger partial charge in [-0.15, -0.1) is 0 Å². The second kappa shape index (κ2) is 12.3. The molecule has 1 N–H and O–H groups in total. The molecule has 1 unspecified atom stereocenters. The highest BCUT2D eigenvalue weighted by Gasteiger charge is 2.26. The van der Waals surface area contributed by atoms with E-state index in [-0.39, 0.29) is 18.1 Å². The average molecular weight is 488 g/mol. The third kappa shape index (κ3) is 6.59. The van der Waals surface area contributed by atoms with Crippen molar-refractivity contribution in [2.45, 2.75) is 63.1 Å². The van der Waals surface area contributed by atoms with E-state index >= 15 is 0 Å². The summed E-state index contributed by atoms with van der Waals surface area (Å²) in [6.07, 6.45) is 8.29. The van der Waals surface area contributed by atoms with Crippen molar-refractivity contribution in [1.82, 2.24) is 25.0 Å². The lowest BCUT2D eigenvalue weighted by Gasteiger charge is -2.33. The molecule has 2 aliphatic rings. The third-order valence-corrected chi connectivity index (χ3v) is 7.42. The number of nitrogens with zero attached hydrogens (tertiary/aromatic N) is 4. The molecule has 2 aromatic carbocycles. The molecule has 1 aromatic heterocycles. The first-order chi connectivity index (χ1) is 17.7. The first kappa shape index (κ1) is 24.7. The van der Waals surface area contributed by atoms with Gasteiger partial charge >= 0.3 is 0 Å². The molecule has 7 nitrogen and oxygen atoms in total. The van der Waals surface area contributed by atoms with Crippen LogP contribution in [0.15, 0.2) is 67.0 Å². The standard InChI is InChI=1S/C29H37N5O2/c35-29(27-13-7-8-20-36-27)31-26(24-11-5-2-6-12-24)16-19-33-17-14-25(15-18-33)34-22-30-28(32-34)21-23-9-3-1-4-10-23/h1-6,9-12,22,25-27H,7-8,13-21H2,(H,31,35)/t26-,27?/m0/s1. The predicted octanol–water partition coefficient (Wildman–Crippen LogP) is 4.32. The van der Waals surface area contributed by atoms with Gasteiger partial charge in [-0.2, -0.15) is 5.10 Å². The molecule has 5 rings (SSSR count). The zero-order chi connectivity index (χ0) is 24.6. The van der Waals surface area contributed by atoms with E-state index in [4.69, 9.17) is 9.84 Å². The van der Waals surface area contributed by atoms with Gasteiger partial charge in [0.1, 0.15) is 12.4 Å². The molecule has 190 valence electrons. The molecule has 0 saturated carbocycles. The smallest absolute Gasteiger partial charge is 0.249 e. The number of carbonyl (C=O) groups excluding carboxylic acids is 1. The molecule has 0 bridgehead atoms. The molecule has 2 atom stereocenters. The number of carbonyl (C=O) groups is 1. The molecule has 2 aliphatic heterocycles. The Hall–Kier alpha value is -3.03. The Morgan fingerprint density at radius 2 is 1.75 bits per heavy atom. The third-order valence-electron chi connectivity index (χ3n) is 7.42. The summed E-state index contributed by atoms with van der Waals surface area (Å²) in [6, 6.07) is 21.1. The molecular formula is C29H37N5O2. The van der Waals surface area contributed by atoms with E-state index < -0.39 is 0 Å². The molecule has 0 radical (unpaired) electrons. The van der Waals surface area contributed by atoms with Gasteiger partial charge in [0, 0.05) is 32.7 Å². The Labute approximate surface area is 213 Å². The minimum Gasteiger partial charge on any atom is -0.368 e. The molecule has 2 fully saturated rings. The van der Waals surface area contributed by atoms with E-state index in [0.29, 0.717) is 12.6 Å². The number of amides is 1. The Kier molecular flexibility index (Phi) is 8.41.